The van der Waals surface area contributed by atoms with Gasteiger partial charge in [-0.1, -0.05) is 32.4 Å². The largest absolute Gasteiger partial charge is 0.459 e. The fraction of sp³-hybridized carbons (Fsp3) is 0.737. The number of hydrogen-bond donors (Lipinski definition) is 6. The van der Waals surface area contributed by atoms with Crippen LogP contribution in [0.1, 0.15) is 81.6 Å². The van der Waals surface area contributed by atoms with Gasteiger partial charge >= 0.3 is 5.97 Å². The number of esters is 1. The first kappa shape index (κ1) is 39.4. The molecule has 13 heteroatoms. The van der Waals surface area contributed by atoms with Gasteiger partial charge in [-0.2, -0.15) is 0 Å². The number of hydrogen-bond acceptors (Lipinski definition) is 13. The standard InChI is InChI=1S/C38H54O13/c1-18(40)51-33(2,3)13-12-25(42)38(9,48)30-21(41)15-35(6)24-11-10-19-20(37(24,8)26(43)16-36(30,35)7)14-22(31(47)34(19,4)5)49-32-29(46)28(45)27(44)23(17-39)50-32/h10,12-14,20-21,23-24,27-30,32,39,41,44-46,48H,11,15-17H2,1-9H3/t20-,21+,23-,24-,27+,28-,29-,30-,32+,35-,36+,37-,38-/m0/s1. The highest BCUT2D eigenvalue weighted by Gasteiger charge is 2.74. The highest BCUT2D eigenvalue weighted by molar-refractivity contribution is 6.02. The second kappa shape index (κ2) is 12.7. The fourth-order valence-corrected chi connectivity index (χ4v) is 10.3. The SMILES string of the molecule is CC(=O)OC(C)(C)C=CC(=O)[C@](C)(O)[C@H]1[C@H](O)C[C@@]2(C)[C@@H]3CC=C4[C@H](C=C(O[C@@H]5O[C@@H](CO)[C@@H](O)[C@H](O)[C@@H]5O)C(=O)C4(C)C)[C@]3(C)C(=O)C[C@]12C. The van der Waals surface area contributed by atoms with Crippen LogP contribution in [0.3, 0.4) is 0 Å². The van der Waals surface area contributed by atoms with Crippen molar-refractivity contribution in [1.29, 1.82) is 0 Å². The average molecular weight is 719 g/mol. The van der Waals surface area contributed by atoms with Crippen molar-refractivity contribution >= 4 is 23.3 Å². The number of carbonyl (C=O) groups is 4. The molecule has 284 valence electrons. The van der Waals surface area contributed by atoms with Gasteiger partial charge in [0.25, 0.3) is 0 Å². The smallest absolute Gasteiger partial charge is 0.303 e. The number of allylic oxidation sites excluding steroid dienone is 4. The predicted molar refractivity (Wildman–Crippen MR) is 180 cm³/mol. The molecule has 0 amide bonds. The van der Waals surface area contributed by atoms with Gasteiger partial charge in [-0.15, -0.1) is 0 Å². The van der Waals surface area contributed by atoms with Crippen LogP contribution in [0.15, 0.2) is 35.6 Å². The minimum Gasteiger partial charge on any atom is -0.459 e. The summed E-state index contributed by atoms with van der Waals surface area (Å²) in [6.45, 7) is 14.2. The maximum Gasteiger partial charge on any atom is 0.303 e. The van der Waals surface area contributed by atoms with Gasteiger partial charge < -0.3 is 44.8 Å². The van der Waals surface area contributed by atoms with Crippen LogP contribution < -0.4 is 0 Å². The van der Waals surface area contributed by atoms with Crippen molar-refractivity contribution < 1.29 is 64.0 Å². The third kappa shape index (κ3) is 5.87. The molecule has 0 bridgehead atoms. The molecule has 0 aromatic heterocycles. The molecular weight excluding hydrogens is 664 g/mol. The van der Waals surface area contributed by atoms with Gasteiger partial charge in [-0.05, 0) is 82.4 Å². The Bertz CT molecular complexity index is 1570. The molecule has 0 spiro atoms. The summed E-state index contributed by atoms with van der Waals surface area (Å²) < 4.78 is 16.7. The third-order valence-corrected chi connectivity index (χ3v) is 13.3. The first-order valence-corrected chi connectivity index (χ1v) is 17.6. The van der Waals surface area contributed by atoms with E-state index in [1.165, 1.54) is 19.9 Å². The molecule has 1 saturated heterocycles. The zero-order valence-electron chi connectivity index (χ0n) is 30.9. The molecule has 3 fully saturated rings. The molecule has 0 aromatic carbocycles. The summed E-state index contributed by atoms with van der Waals surface area (Å²) in [4.78, 5) is 53.9. The van der Waals surface area contributed by atoms with Crippen molar-refractivity contribution in [3.8, 4) is 0 Å². The van der Waals surface area contributed by atoms with E-state index in [1.54, 1.807) is 33.8 Å². The Labute approximate surface area is 298 Å². The summed E-state index contributed by atoms with van der Waals surface area (Å²) in [7, 11) is 0. The second-order valence-corrected chi connectivity index (χ2v) is 17.2. The van der Waals surface area contributed by atoms with Crippen LogP contribution in [0.5, 0.6) is 0 Å². The van der Waals surface area contributed by atoms with E-state index in [2.05, 4.69) is 0 Å². The van der Waals surface area contributed by atoms with E-state index in [9.17, 15) is 49.8 Å². The lowest BCUT2D eigenvalue weighted by Gasteiger charge is -2.63. The summed E-state index contributed by atoms with van der Waals surface area (Å²) in [6, 6.07) is 0. The molecular formula is C38H54O13. The molecule has 0 aromatic rings. The van der Waals surface area contributed by atoms with Gasteiger partial charge in [-0.3, -0.25) is 19.2 Å². The van der Waals surface area contributed by atoms with Crippen LogP contribution in [-0.2, 0) is 33.4 Å². The summed E-state index contributed by atoms with van der Waals surface area (Å²) in [5.41, 5.74) is -6.62. The lowest BCUT2D eigenvalue weighted by Crippen LogP contribution is -2.64. The minimum absolute atomic E-state index is 0.0841. The molecule has 13 nitrogen and oxygen atoms in total. The van der Waals surface area contributed by atoms with Crippen molar-refractivity contribution in [3.05, 3.63) is 35.6 Å². The number of ketones is 3. The summed E-state index contributed by atoms with van der Waals surface area (Å²) in [5, 5.41) is 64.6. The van der Waals surface area contributed by atoms with Crippen molar-refractivity contribution in [3.63, 3.8) is 0 Å². The van der Waals surface area contributed by atoms with E-state index in [0.29, 0.717) is 12.0 Å². The molecule has 6 N–H and O–H groups in total. The lowest BCUT2D eigenvalue weighted by atomic mass is 9.39. The number of aliphatic hydroxyl groups excluding tert-OH is 5. The number of carbonyl (C=O) groups excluding carboxylic acids is 4. The fourth-order valence-electron chi connectivity index (χ4n) is 10.3. The number of fused-ring (bicyclic) bond motifs is 5. The van der Waals surface area contributed by atoms with E-state index >= 15 is 0 Å². The van der Waals surface area contributed by atoms with Crippen LogP contribution in [-0.4, -0.2) is 109 Å². The Morgan fingerprint density at radius 1 is 1.00 bits per heavy atom. The second-order valence-electron chi connectivity index (χ2n) is 17.2. The molecule has 1 heterocycles. The molecule has 2 saturated carbocycles. The average Bonchev–Trinajstić information content (AvgIpc) is 3.22. The highest BCUT2D eigenvalue weighted by atomic mass is 16.7. The van der Waals surface area contributed by atoms with Crippen LogP contribution in [0.4, 0.5) is 0 Å². The summed E-state index contributed by atoms with van der Waals surface area (Å²) in [6.07, 6.45) is -2.57. The van der Waals surface area contributed by atoms with Gasteiger partial charge in [0.1, 0.15) is 41.4 Å². The molecule has 5 rings (SSSR count). The maximum atomic E-state index is 14.8. The van der Waals surface area contributed by atoms with Crippen LogP contribution >= 0.6 is 0 Å². The maximum absolute atomic E-state index is 14.8. The van der Waals surface area contributed by atoms with E-state index in [-0.39, 0.29) is 24.4 Å². The van der Waals surface area contributed by atoms with Gasteiger partial charge in [0.15, 0.2) is 11.5 Å². The number of ether oxygens (including phenoxy) is 3. The topological polar surface area (TPSA) is 217 Å². The lowest BCUT2D eigenvalue weighted by molar-refractivity contribution is -0.291. The first-order valence-electron chi connectivity index (χ1n) is 17.6. The van der Waals surface area contributed by atoms with E-state index in [0.717, 1.165) is 6.08 Å². The highest BCUT2D eigenvalue weighted by Crippen LogP contribution is 2.73. The molecule has 0 radical (unpaired) electrons. The van der Waals surface area contributed by atoms with Crippen LogP contribution in [0, 0.1) is 39.4 Å². The monoisotopic (exact) mass is 718 g/mol. The molecule has 4 aliphatic carbocycles. The Morgan fingerprint density at radius 2 is 1.63 bits per heavy atom. The normalized spacial score (nSPS) is 43.3. The van der Waals surface area contributed by atoms with Crippen molar-refractivity contribution in [2.75, 3.05) is 6.61 Å². The summed E-state index contributed by atoms with van der Waals surface area (Å²) >= 11 is 0. The number of rotatable bonds is 8. The Hall–Kier alpha value is -2.78. The van der Waals surface area contributed by atoms with Gasteiger partial charge in [-0.25, -0.2) is 0 Å². The molecule has 5 aliphatic rings. The van der Waals surface area contributed by atoms with Crippen molar-refractivity contribution in [2.24, 2.45) is 39.4 Å². The molecule has 1 aliphatic heterocycles. The van der Waals surface area contributed by atoms with Crippen molar-refractivity contribution in [1.82, 2.24) is 0 Å². The van der Waals surface area contributed by atoms with Gasteiger partial charge in [0, 0.05) is 30.6 Å². The van der Waals surface area contributed by atoms with Crippen molar-refractivity contribution in [2.45, 2.75) is 130 Å². The Kier molecular flexibility index (Phi) is 9.80. The number of aliphatic hydroxyl groups is 6. The first-order chi connectivity index (χ1) is 23.3. The zero-order valence-corrected chi connectivity index (χ0v) is 30.9. The zero-order chi connectivity index (χ0) is 38.4. The van der Waals surface area contributed by atoms with E-state index in [1.807, 2.05) is 26.8 Å². The molecule has 0 unspecified atom stereocenters. The molecule has 13 atom stereocenters. The summed E-state index contributed by atoms with van der Waals surface area (Å²) in [5.74, 6) is -4.17. The minimum atomic E-state index is -2.09. The quantitative estimate of drug-likeness (QED) is 0.119. The van der Waals surface area contributed by atoms with Gasteiger partial charge in [0.05, 0.1) is 18.1 Å². The Morgan fingerprint density at radius 3 is 2.22 bits per heavy atom. The van der Waals surface area contributed by atoms with Crippen LogP contribution in [0.25, 0.3) is 0 Å². The third-order valence-electron chi connectivity index (χ3n) is 13.3. The predicted octanol–water partition coefficient (Wildman–Crippen LogP) is 1.45. The Balaban J connectivity index is 1.52. The van der Waals surface area contributed by atoms with E-state index < -0.39 is 112 Å². The van der Waals surface area contributed by atoms with E-state index in [4.69, 9.17) is 14.2 Å². The van der Waals surface area contributed by atoms with Crippen LogP contribution in [0.2, 0.25) is 0 Å². The van der Waals surface area contributed by atoms with Gasteiger partial charge in [0.2, 0.25) is 12.1 Å². The molecule has 51 heavy (non-hydrogen) atoms. The number of Topliss-reactive ketones (excluding diaryl/α,β-unsaturated/α-hetero) is 2.